The van der Waals surface area contributed by atoms with Crippen LogP contribution in [0.3, 0.4) is 0 Å². The Labute approximate surface area is 488 Å². The fourth-order valence-electron chi connectivity index (χ4n) is 11.7. The molecule has 1 aromatic carbocycles. The Morgan fingerprint density at radius 1 is 0.709 bits per heavy atom. The van der Waals surface area contributed by atoms with Gasteiger partial charge in [0.1, 0.15) is 34.8 Å². The average Bonchev–Trinajstić information content (AvgIpc) is 3.82. The largest absolute Gasteiger partial charge is 0.481 e. The Morgan fingerprint density at radius 3 is 1.63 bits per heavy atom. The van der Waals surface area contributed by atoms with Gasteiger partial charge in [-0.3, -0.25) is 19.2 Å². The third kappa shape index (κ3) is 17.5. The van der Waals surface area contributed by atoms with Crippen LogP contribution >= 0.6 is 11.8 Å². The van der Waals surface area contributed by atoms with E-state index in [-0.39, 0.29) is 99.9 Å². The molecule has 1 aromatic heterocycles. The summed E-state index contributed by atoms with van der Waals surface area (Å²) in [4.78, 5) is 91.4. The van der Waals surface area contributed by atoms with E-state index in [9.17, 15) is 24.3 Å². The molecule has 2 fully saturated rings. The third-order valence-electron chi connectivity index (χ3n) is 16.3. The Hall–Kier alpha value is -4.56. The summed E-state index contributed by atoms with van der Waals surface area (Å²) in [5, 5.41) is 23.5. The molecular formula is C63H93N4O10SZn-. The van der Waals surface area contributed by atoms with E-state index < -0.39 is 59.1 Å². The molecule has 1 aliphatic heterocycles. The van der Waals surface area contributed by atoms with Gasteiger partial charge in [-0.1, -0.05) is 154 Å². The van der Waals surface area contributed by atoms with Gasteiger partial charge in [0.25, 0.3) is 0 Å². The predicted octanol–water partition coefficient (Wildman–Crippen LogP) is 13.6. The molecule has 5 unspecified atom stereocenters. The number of hydrogen-bond acceptors (Lipinski definition) is 10. The second kappa shape index (κ2) is 26.6. The summed E-state index contributed by atoms with van der Waals surface area (Å²) in [7, 11) is 0. The number of rotatable bonds is 17. The maximum atomic E-state index is 15.4. The number of allylic oxidation sites excluding steroid dienone is 1. The molecule has 0 spiro atoms. The summed E-state index contributed by atoms with van der Waals surface area (Å²) in [6.45, 7) is 37.9. The molecule has 2 aliphatic carbocycles. The number of ether oxygens (including phenoxy) is 2. The Bertz CT molecular complexity index is 2570. The van der Waals surface area contributed by atoms with Crippen LogP contribution in [-0.2, 0) is 52.9 Å². The van der Waals surface area contributed by atoms with Crippen LogP contribution in [0, 0.1) is 62.6 Å². The number of aromatic nitrogens is 1. The van der Waals surface area contributed by atoms with Crippen LogP contribution in [0.25, 0.3) is 17.2 Å². The predicted molar refractivity (Wildman–Crippen MR) is 312 cm³/mol. The van der Waals surface area contributed by atoms with Gasteiger partial charge in [0.2, 0.25) is 5.91 Å². The van der Waals surface area contributed by atoms with E-state index in [1.54, 1.807) is 33.8 Å². The number of carboxylic acids is 2. The SMILES string of the molecule is CC1=C(C(=O)OC2C(C(C)(C)C)CC(C)CC2C(C)(C)C)C(NC(=O)CCCCCSC(CC(=O)O)C(=O)O)=N/C1=C\c1[n-]c(NC(=O)C(C)(C)C)c(C(=O)OC2C(C(C)(C)C)CC(C)CC2C(C)(C)C)c1-c1ccccc1.[Zn]. The van der Waals surface area contributed by atoms with Gasteiger partial charge in [0, 0.05) is 55.0 Å². The van der Waals surface area contributed by atoms with Gasteiger partial charge >= 0.3 is 23.9 Å². The van der Waals surface area contributed by atoms with Crippen LogP contribution in [0.15, 0.2) is 52.2 Å². The number of aliphatic imine (C=N–C) groups is 1. The zero-order chi connectivity index (χ0) is 58.6. The zero-order valence-corrected chi connectivity index (χ0v) is 54.7. The number of unbranched alkanes of at least 4 members (excludes halogenated alkanes) is 2. The molecule has 3 aliphatic rings. The number of benzene rings is 1. The standard InChI is InChI=1S/C63H94N4O10S.Zn/c1-35-29-39(59(4,5)6)51(40(30-35)60(7,8)9)76-56(73)48-37(3)43(64-53(48)66-46(68)27-23-20-24-28-78-45(55(71)72)34-47(69)70)33-44-49(38-25-21-19-22-26-38)50(54(65-44)67-58(75)63(16,17)18)57(74)77-52-41(61(10,11)12)31-36(2)32-42(52)62(13,14)15;/h19,21-22,25-26,33,35-36,39-42,45,51-52H,20,23-24,27-32,34H2,1-18H3,(H5,64,65,66,67,68,69,70,71,72,73,74,75);/p-1. The quantitative estimate of drug-likeness (QED) is 0.0662. The van der Waals surface area contributed by atoms with Crippen LogP contribution in [0.2, 0.25) is 0 Å². The number of thioether (sulfide) groups is 1. The number of aliphatic carboxylic acids is 2. The van der Waals surface area contributed by atoms with Crippen molar-refractivity contribution in [3.8, 4) is 11.1 Å². The molecule has 5 atom stereocenters. The molecule has 4 N–H and O–H groups in total. The smallest absolute Gasteiger partial charge is 0.342 e. The summed E-state index contributed by atoms with van der Waals surface area (Å²) < 4.78 is 13.7. The van der Waals surface area contributed by atoms with Crippen molar-refractivity contribution in [3.63, 3.8) is 0 Å². The van der Waals surface area contributed by atoms with Gasteiger partial charge < -0.3 is 35.3 Å². The second-order valence-electron chi connectivity index (χ2n) is 28.1. The van der Waals surface area contributed by atoms with E-state index in [4.69, 9.17) is 24.6 Å². The maximum absolute atomic E-state index is 15.4. The first-order chi connectivity index (χ1) is 35.9. The van der Waals surface area contributed by atoms with Crippen LogP contribution in [0.4, 0.5) is 5.82 Å². The Balaban J connectivity index is 0.0000134. The molecular weight excluding hydrogens is 1070 g/mol. The summed E-state index contributed by atoms with van der Waals surface area (Å²) >= 11 is 1.07. The van der Waals surface area contributed by atoms with Gasteiger partial charge in [0.15, 0.2) is 0 Å². The number of amidine groups is 1. The van der Waals surface area contributed by atoms with Crippen molar-refractivity contribution in [3.05, 3.63) is 58.4 Å². The average molecular weight is 1160 g/mol. The number of nitrogens with one attached hydrogen (secondary N) is 2. The minimum absolute atomic E-state index is 0. The molecule has 79 heavy (non-hydrogen) atoms. The van der Waals surface area contributed by atoms with E-state index in [0.29, 0.717) is 64.9 Å². The minimum atomic E-state index is -1.18. The molecule has 0 bridgehead atoms. The maximum Gasteiger partial charge on any atom is 0.342 e. The van der Waals surface area contributed by atoms with Crippen molar-refractivity contribution in [2.75, 3.05) is 11.1 Å². The van der Waals surface area contributed by atoms with Crippen LogP contribution in [0.5, 0.6) is 0 Å². The monoisotopic (exact) mass is 1160 g/mol. The van der Waals surface area contributed by atoms with Crippen LogP contribution < -0.4 is 15.6 Å². The summed E-state index contributed by atoms with van der Waals surface area (Å²) in [6, 6.07) is 9.35. The minimum Gasteiger partial charge on any atom is -0.481 e. The molecule has 434 valence electrons. The van der Waals surface area contributed by atoms with Crippen molar-refractivity contribution >= 4 is 65.2 Å². The first kappa shape index (κ1) is 67.0. The van der Waals surface area contributed by atoms with Crippen molar-refractivity contribution in [2.24, 2.45) is 67.6 Å². The van der Waals surface area contributed by atoms with Crippen LogP contribution in [0.1, 0.15) is 198 Å². The molecule has 2 aromatic rings. The van der Waals surface area contributed by atoms with E-state index in [1.165, 1.54) is 0 Å². The zero-order valence-electron chi connectivity index (χ0n) is 50.9. The Morgan fingerprint density at radius 2 is 1.19 bits per heavy atom. The molecule has 2 heterocycles. The molecule has 5 rings (SSSR count). The number of esters is 2. The second-order valence-corrected chi connectivity index (χ2v) is 29.4. The molecule has 2 saturated carbocycles. The fraction of sp³-hybridized carbons (Fsp3) is 0.667. The number of anilines is 1. The number of carboxylic acid groups (broad SMARTS) is 2. The summed E-state index contributed by atoms with van der Waals surface area (Å²) in [5.74, 6) is -2.90. The van der Waals surface area contributed by atoms with Gasteiger partial charge in [0.05, 0.1) is 17.7 Å². The Kier molecular flexibility index (Phi) is 22.5. The van der Waals surface area contributed by atoms with Crippen molar-refractivity contribution in [2.45, 2.75) is 200 Å². The van der Waals surface area contributed by atoms with Crippen LogP contribution in [-0.4, -0.2) is 75.0 Å². The first-order valence-corrected chi connectivity index (χ1v) is 29.3. The number of amides is 2. The molecule has 0 saturated heterocycles. The van der Waals surface area contributed by atoms with Gasteiger partial charge in [-0.25, -0.2) is 14.6 Å². The van der Waals surface area contributed by atoms with Gasteiger partial charge in [-0.2, -0.15) is 0 Å². The van der Waals surface area contributed by atoms with E-state index in [1.807, 2.05) is 30.3 Å². The van der Waals surface area contributed by atoms with E-state index >= 15 is 9.59 Å². The number of nitrogens with zero attached hydrogens (tertiary/aromatic N) is 2. The molecule has 14 nitrogen and oxygen atoms in total. The number of hydrogen-bond donors (Lipinski definition) is 4. The topological polar surface area (TPSA) is 212 Å². The van der Waals surface area contributed by atoms with Crippen molar-refractivity contribution in [1.82, 2.24) is 10.3 Å². The fourth-order valence-corrected chi connectivity index (χ4v) is 12.8. The van der Waals surface area contributed by atoms with Gasteiger partial charge in [-0.15, -0.1) is 11.8 Å². The van der Waals surface area contributed by atoms with Crippen molar-refractivity contribution in [1.29, 1.82) is 0 Å². The molecule has 16 heteroatoms. The van der Waals surface area contributed by atoms with Gasteiger partial charge in [-0.05, 0) is 119 Å². The summed E-state index contributed by atoms with van der Waals surface area (Å²) in [6.07, 6.45) is 5.48. The molecule has 2 amide bonds. The third-order valence-corrected chi connectivity index (χ3v) is 17.6. The number of carbonyl (C=O) groups excluding carboxylic acids is 4. The summed E-state index contributed by atoms with van der Waals surface area (Å²) in [5.41, 5.74) is 0.620. The van der Waals surface area contributed by atoms with Crippen molar-refractivity contribution < 1.29 is 67.9 Å². The number of carbonyl (C=O) groups is 6. The normalized spacial score (nSPS) is 24.0. The molecule has 0 radical (unpaired) electrons. The first-order valence-electron chi connectivity index (χ1n) is 28.3. The van der Waals surface area contributed by atoms with E-state index in [0.717, 1.165) is 37.4 Å². The van der Waals surface area contributed by atoms with E-state index in [2.05, 4.69) is 108 Å².